The molecule has 2 rings (SSSR count). The predicted octanol–water partition coefficient (Wildman–Crippen LogP) is 3.35. The van der Waals surface area contributed by atoms with Gasteiger partial charge in [0.15, 0.2) is 4.73 Å². The molecule has 13 heavy (non-hydrogen) atoms. The van der Waals surface area contributed by atoms with E-state index in [0.29, 0.717) is 9.89 Å². The molecule has 0 aliphatic rings. The lowest BCUT2D eigenvalue weighted by molar-refractivity contribution is 1.16. The number of hydrogen-bond acceptors (Lipinski definition) is 2. The summed E-state index contributed by atoms with van der Waals surface area (Å²) in [6, 6.07) is 5.90. The Balaban J connectivity index is 2.86. The highest BCUT2D eigenvalue weighted by atomic mass is 79.9. The van der Waals surface area contributed by atoms with Gasteiger partial charge in [0.1, 0.15) is 5.15 Å². The summed E-state index contributed by atoms with van der Waals surface area (Å²) in [5, 5.41) is 1.37. The molecule has 1 aromatic carbocycles. The van der Waals surface area contributed by atoms with Crippen LogP contribution < -0.4 is 0 Å². The molecular weight excluding hydrogens is 251 g/mol. The van der Waals surface area contributed by atoms with E-state index >= 15 is 0 Å². The van der Waals surface area contributed by atoms with Gasteiger partial charge in [-0.2, -0.15) is 0 Å². The Morgan fingerprint density at radius 3 is 2.85 bits per heavy atom. The number of aromatic nitrogens is 2. The van der Waals surface area contributed by atoms with E-state index < -0.39 is 0 Å². The molecule has 0 aliphatic carbocycles. The van der Waals surface area contributed by atoms with Gasteiger partial charge in [-0.25, -0.2) is 9.97 Å². The molecular formula is C9H6BrClN2. The van der Waals surface area contributed by atoms with Crippen molar-refractivity contribution in [3.05, 3.63) is 33.6 Å². The van der Waals surface area contributed by atoms with Crippen LogP contribution in [0.1, 0.15) is 5.56 Å². The SMILES string of the molecule is Cc1ccc2c(Cl)nc(Br)nc2c1. The van der Waals surface area contributed by atoms with Crippen LogP contribution in [-0.2, 0) is 0 Å². The van der Waals surface area contributed by atoms with Gasteiger partial charge < -0.3 is 0 Å². The van der Waals surface area contributed by atoms with E-state index in [4.69, 9.17) is 11.6 Å². The summed E-state index contributed by atoms with van der Waals surface area (Å²) < 4.78 is 0.524. The van der Waals surface area contributed by atoms with Gasteiger partial charge in [0.05, 0.1) is 5.52 Å². The van der Waals surface area contributed by atoms with Crippen molar-refractivity contribution in [3.63, 3.8) is 0 Å². The standard InChI is InChI=1S/C9H6BrClN2/c1-5-2-3-6-7(4-5)12-9(10)13-8(6)11/h2-4H,1H3. The van der Waals surface area contributed by atoms with Crippen molar-refractivity contribution in [1.82, 2.24) is 9.97 Å². The molecule has 0 fully saturated rings. The fourth-order valence-corrected chi connectivity index (χ4v) is 1.88. The van der Waals surface area contributed by atoms with Gasteiger partial charge in [0.25, 0.3) is 0 Å². The molecule has 0 atom stereocenters. The maximum atomic E-state index is 5.93. The summed E-state index contributed by atoms with van der Waals surface area (Å²) in [7, 11) is 0. The van der Waals surface area contributed by atoms with Gasteiger partial charge in [-0.05, 0) is 40.5 Å². The van der Waals surface area contributed by atoms with E-state index in [2.05, 4.69) is 25.9 Å². The molecule has 66 valence electrons. The third kappa shape index (κ3) is 1.67. The third-order valence-electron chi connectivity index (χ3n) is 1.78. The number of rotatable bonds is 0. The lowest BCUT2D eigenvalue weighted by atomic mass is 10.2. The lowest BCUT2D eigenvalue weighted by Crippen LogP contribution is -1.87. The molecule has 0 spiro atoms. The number of nitrogens with zero attached hydrogens (tertiary/aromatic N) is 2. The summed E-state index contributed by atoms with van der Waals surface area (Å²) in [5.41, 5.74) is 2.03. The van der Waals surface area contributed by atoms with E-state index in [1.807, 2.05) is 25.1 Å². The molecule has 1 heterocycles. The minimum absolute atomic E-state index is 0.483. The Kier molecular flexibility index (Phi) is 2.22. The van der Waals surface area contributed by atoms with Crippen molar-refractivity contribution in [1.29, 1.82) is 0 Å². The summed E-state index contributed by atoms with van der Waals surface area (Å²) in [5.74, 6) is 0. The first-order chi connectivity index (χ1) is 6.16. The zero-order valence-corrected chi connectivity index (χ0v) is 9.22. The van der Waals surface area contributed by atoms with Crippen LogP contribution in [0.2, 0.25) is 5.15 Å². The number of aryl methyl sites for hydroxylation is 1. The van der Waals surface area contributed by atoms with Gasteiger partial charge in [-0.3, -0.25) is 0 Å². The van der Waals surface area contributed by atoms with Gasteiger partial charge in [0.2, 0.25) is 0 Å². The minimum Gasteiger partial charge on any atom is -0.222 e. The van der Waals surface area contributed by atoms with E-state index in [1.54, 1.807) is 0 Å². The van der Waals surface area contributed by atoms with Crippen molar-refractivity contribution in [2.24, 2.45) is 0 Å². The number of halogens is 2. The summed E-state index contributed by atoms with van der Waals surface area (Å²) in [4.78, 5) is 8.22. The highest BCUT2D eigenvalue weighted by molar-refractivity contribution is 9.10. The van der Waals surface area contributed by atoms with E-state index in [9.17, 15) is 0 Å². The van der Waals surface area contributed by atoms with Gasteiger partial charge in [-0.1, -0.05) is 17.7 Å². The molecule has 1 aromatic heterocycles. The first-order valence-corrected chi connectivity index (χ1v) is 4.93. The van der Waals surface area contributed by atoms with Crippen LogP contribution in [0.25, 0.3) is 10.9 Å². The van der Waals surface area contributed by atoms with Gasteiger partial charge >= 0.3 is 0 Å². The van der Waals surface area contributed by atoms with Crippen molar-refractivity contribution >= 4 is 38.4 Å². The Hall–Kier alpha value is -0.670. The van der Waals surface area contributed by atoms with Crippen molar-refractivity contribution in [2.75, 3.05) is 0 Å². The van der Waals surface area contributed by atoms with Crippen molar-refractivity contribution < 1.29 is 0 Å². The lowest BCUT2D eigenvalue weighted by Gasteiger charge is -2.00. The molecule has 0 radical (unpaired) electrons. The molecule has 0 unspecified atom stereocenters. The topological polar surface area (TPSA) is 25.8 Å². The number of benzene rings is 1. The van der Waals surface area contributed by atoms with Gasteiger partial charge in [-0.15, -0.1) is 0 Å². The van der Waals surface area contributed by atoms with Crippen LogP contribution in [0.4, 0.5) is 0 Å². The Bertz CT molecular complexity index is 465. The van der Waals surface area contributed by atoms with E-state index in [-0.39, 0.29) is 0 Å². The Morgan fingerprint density at radius 2 is 2.08 bits per heavy atom. The summed E-state index contributed by atoms with van der Waals surface area (Å²) >= 11 is 9.13. The second-order valence-corrected chi connectivity index (χ2v) is 3.87. The molecule has 0 saturated heterocycles. The highest BCUT2D eigenvalue weighted by Gasteiger charge is 2.03. The second-order valence-electron chi connectivity index (χ2n) is 2.80. The van der Waals surface area contributed by atoms with Gasteiger partial charge in [0, 0.05) is 5.39 Å². The fourth-order valence-electron chi connectivity index (χ4n) is 1.17. The Morgan fingerprint density at radius 1 is 1.31 bits per heavy atom. The minimum atomic E-state index is 0.483. The summed E-state index contributed by atoms with van der Waals surface area (Å²) in [6.07, 6.45) is 0. The largest absolute Gasteiger partial charge is 0.222 e. The third-order valence-corrected chi connectivity index (χ3v) is 2.42. The monoisotopic (exact) mass is 256 g/mol. The van der Waals surface area contributed by atoms with Crippen LogP contribution in [0.5, 0.6) is 0 Å². The van der Waals surface area contributed by atoms with Crippen LogP contribution in [0.3, 0.4) is 0 Å². The predicted molar refractivity (Wildman–Crippen MR) is 57.0 cm³/mol. The van der Waals surface area contributed by atoms with E-state index in [0.717, 1.165) is 16.5 Å². The van der Waals surface area contributed by atoms with Crippen molar-refractivity contribution in [3.8, 4) is 0 Å². The highest BCUT2D eigenvalue weighted by Crippen LogP contribution is 2.22. The molecule has 0 aliphatic heterocycles. The quantitative estimate of drug-likeness (QED) is 0.534. The molecule has 0 bridgehead atoms. The average molecular weight is 258 g/mol. The fraction of sp³-hybridized carbons (Fsp3) is 0.111. The molecule has 0 amide bonds. The Labute approximate surface area is 89.1 Å². The summed E-state index contributed by atoms with van der Waals surface area (Å²) in [6.45, 7) is 2.02. The van der Waals surface area contributed by atoms with Crippen molar-refractivity contribution in [2.45, 2.75) is 6.92 Å². The smallest absolute Gasteiger partial charge is 0.198 e. The van der Waals surface area contributed by atoms with Crippen LogP contribution in [0, 0.1) is 6.92 Å². The molecule has 0 N–H and O–H groups in total. The zero-order valence-electron chi connectivity index (χ0n) is 6.88. The average Bonchev–Trinajstić information content (AvgIpc) is 2.02. The maximum Gasteiger partial charge on any atom is 0.198 e. The zero-order chi connectivity index (χ0) is 9.42. The first kappa shape index (κ1) is 8.91. The molecule has 4 heteroatoms. The van der Waals surface area contributed by atoms with Crippen LogP contribution in [0.15, 0.2) is 22.9 Å². The number of fused-ring (bicyclic) bond motifs is 1. The second kappa shape index (κ2) is 3.24. The van der Waals surface area contributed by atoms with E-state index in [1.165, 1.54) is 0 Å². The molecule has 2 aromatic rings. The normalized spacial score (nSPS) is 10.7. The maximum absolute atomic E-state index is 5.93. The number of hydrogen-bond donors (Lipinski definition) is 0. The first-order valence-electron chi connectivity index (χ1n) is 3.76. The molecule has 0 saturated carbocycles. The molecule has 2 nitrogen and oxygen atoms in total. The van der Waals surface area contributed by atoms with Crippen LogP contribution >= 0.6 is 27.5 Å². The van der Waals surface area contributed by atoms with Crippen LogP contribution in [-0.4, -0.2) is 9.97 Å².